The van der Waals surface area contributed by atoms with E-state index >= 15 is 0 Å². The maximum atomic E-state index is 5.76. The third kappa shape index (κ3) is 6.49. The molecule has 1 aliphatic carbocycles. The van der Waals surface area contributed by atoms with Crippen LogP contribution in [0.4, 0.5) is 0 Å². The molecule has 1 saturated carbocycles. The fraction of sp³-hybridized carbons (Fsp3) is 1.00. The maximum absolute atomic E-state index is 5.76. The molecular weight excluding hydrogens is 198 g/mol. The lowest BCUT2D eigenvalue weighted by molar-refractivity contribution is -0.00556. The minimum Gasteiger partial charge on any atom is -0.376 e. The average Bonchev–Trinajstić information content (AvgIpc) is 2.98. The SMILES string of the molecule is CCCNC(CCCOC(C)(C)C)C1CC1. The van der Waals surface area contributed by atoms with Gasteiger partial charge in [0.2, 0.25) is 0 Å². The van der Waals surface area contributed by atoms with Crippen molar-refractivity contribution in [2.75, 3.05) is 13.2 Å². The Bertz CT molecular complexity index is 182. The van der Waals surface area contributed by atoms with Crippen LogP contribution in [0, 0.1) is 5.92 Å². The normalized spacial score (nSPS) is 18.8. The van der Waals surface area contributed by atoms with Gasteiger partial charge < -0.3 is 10.1 Å². The summed E-state index contributed by atoms with van der Waals surface area (Å²) in [5.74, 6) is 0.959. The first-order chi connectivity index (χ1) is 7.53. The fourth-order valence-corrected chi connectivity index (χ4v) is 2.01. The lowest BCUT2D eigenvalue weighted by atomic mass is 10.1. The summed E-state index contributed by atoms with van der Waals surface area (Å²) in [6.07, 6.45) is 6.57. The molecule has 0 aromatic heterocycles. The van der Waals surface area contributed by atoms with Gasteiger partial charge in [-0.3, -0.25) is 0 Å². The van der Waals surface area contributed by atoms with Gasteiger partial charge in [-0.05, 0) is 65.3 Å². The molecule has 1 N–H and O–H groups in total. The van der Waals surface area contributed by atoms with Crippen LogP contribution in [-0.2, 0) is 4.74 Å². The summed E-state index contributed by atoms with van der Waals surface area (Å²) in [5, 5.41) is 3.67. The predicted molar refractivity (Wildman–Crippen MR) is 69.7 cm³/mol. The summed E-state index contributed by atoms with van der Waals surface area (Å²) in [6, 6.07) is 0.753. The van der Waals surface area contributed by atoms with Crippen molar-refractivity contribution in [2.45, 2.75) is 71.4 Å². The van der Waals surface area contributed by atoms with Crippen molar-refractivity contribution in [3.63, 3.8) is 0 Å². The molecule has 0 bridgehead atoms. The summed E-state index contributed by atoms with van der Waals surface area (Å²) in [5.41, 5.74) is 0.0198. The molecule has 16 heavy (non-hydrogen) atoms. The van der Waals surface area contributed by atoms with Crippen molar-refractivity contribution in [3.05, 3.63) is 0 Å². The zero-order valence-corrected chi connectivity index (χ0v) is 11.5. The van der Waals surface area contributed by atoms with Gasteiger partial charge in [-0.15, -0.1) is 0 Å². The van der Waals surface area contributed by atoms with Crippen LogP contribution in [0.5, 0.6) is 0 Å². The quantitative estimate of drug-likeness (QED) is 0.642. The zero-order chi connectivity index (χ0) is 12.0. The Labute approximate surface area is 101 Å². The van der Waals surface area contributed by atoms with Crippen LogP contribution in [0.3, 0.4) is 0 Å². The third-order valence-electron chi connectivity index (χ3n) is 3.04. The maximum Gasteiger partial charge on any atom is 0.0598 e. The van der Waals surface area contributed by atoms with Crippen LogP contribution in [0.1, 0.15) is 59.8 Å². The molecule has 1 aliphatic rings. The van der Waals surface area contributed by atoms with Crippen LogP contribution < -0.4 is 5.32 Å². The van der Waals surface area contributed by atoms with Gasteiger partial charge in [0.15, 0.2) is 0 Å². The first-order valence-corrected chi connectivity index (χ1v) is 6.90. The molecule has 0 aromatic carbocycles. The van der Waals surface area contributed by atoms with Crippen LogP contribution in [0.25, 0.3) is 0 Å². The molecule has 1 fully saturated rings. The molecule has 0 heterocycles. The molecule has 2 heteroatoms. The van der Waals surface area contributed by atoms with E-state index in [-0.39, 0.29) is 5.60 Å². The molecule has 1 rings (SSSR count). The molecule has 1 unspecified atom stereocenters. The monoisotopic (exact) mass is 227 g/mol. The van der Waals surface area contributed by atoms with E-state index in [0.717, 1.165) is 18.6 Å². The van der Waals surface area contributed by atoms with Crippen molar-refractivity contribution in [1.82, 2.24) is 5.32 Å². The van der Waals surface area contributed by atoms with Crippen LogP contribution in [0.15, 0.2) is 0 Å². The summed E-state index contributed by atoms with van der Waals surface area (Å²) in [4.78, 5) is 0. The molecule has 0 aromatic rings. The largest absolute Gasteiger partial charge is 0.376 e. The Balaban J connectivity index is 2.08. The smallest absolute Gasteiger partial charge is 0.0598 e. The molecule has 0 spiro atoms. The lowest BCUT2D eigenvalue weighted by Crippen LogP contribution is -2.32. The summed E-state index contributed by atoms with van der Waals surface area (Å²) < 4.78 is 5.76. The molecular formula is C14H29NO. The highest BCUT2D eigenvalue weighted by atomic mass is 16.5. The highest BCUT2D eigenvalue weighted by molar-refractivity contribution is 4.86. The highest BCUT2D eigenvalue weighted by Crippen LogP contribution is 2.34. The van der Waals surface area contributed by atoms with E-state index in [4.69, 9.17) is 4.74 Å². The Morgan fingerprint density at radius 1 is 1.31 bits per heavy atom. The van der Waals surface area contributed by atoms with E-state index in [2.05, 4.69) is 33.0 Å². The number of hydrogen-bond donors (Lipinski definition) is 1. The van der Waals surface area contributed by atoms with Crippen molar-refractivity contribution in [3.8, 4) is 0 Å². The van der Waals surface area contributed by atoms with Gasteiger partial charge in [-0.2, -0.15) is 0 Å². The van der Waals surface area contributed by atoms with Gasteiger partial charge >= 0.3 is 0 Å². The molecule has 0 aliphatic heterocycles. The summed E-state index contributed by atoms with van der Waals surface area (Å²) in [6.45, 7) is 10.7. The van der Waals surface area contributed by atoms with Crippen molar-refractivity contribution in [1.29, 1.82) is 0 Å². The number of rotatable bonds is 8. The Morgan fingerprint density at radius 2 is 2.00 bits per heavy atom. The first kappa shape index (κ1) is 14.0. The van der Waals surface area contributed by atoms with Crippen LogP contribution in [-0.4, -0.2) is 24.8 Å². The van der Waals surface area contributed by atoms with Gasteiger partial charge in [0.25, 0.3) is 0 Å². The summed E-state index contributed by atoms with van der Waals surface area (Å²) >= 11 is 0. The minimum atomic E-state index is 0.0198. The van der Waals surface area contributed by atoms with Crippen molar-refractivity contribution >= 4 is 0 Å². The molecule has 0 saturated heterocycles. The predicted octanol–water partition coefficient (Wildman–Crippen LogP) is 3.36. The second-order valence-corrected chi connectivity index (χ2v) is 6.00. The van der Waals surface area contributed by atoms with E-state index in [9.17, 15) is 0 Å². The van der Waals surface area contributed by atoms with E-state index in [1.807, 2.05) is 0 Å². The number of ether oxygens (including phenoxy) is 1. The first-order valence-electron chi connectivity index (χ1n) is 6.90. The van der Waals surface area contributed by atoms with Crippen LogP contribution in [0.2, 0.25) is 0 Å². The zero-order valence-electron chi connectivity index (χ0n) is 11.5. The van der Waals surface area contributed by atoms with E-state index in [1.54, 1.807) is 0 Å². The van der Waals surface area contributed by atoms with E-state index in [1.165, 1.54) is 38.6 Å². The van der Waals surface area contributed by atoms with E-state index in [0.29, 0.717) is 0 Å². The third-order valence-corrected chi connectivity index (χ3v) is 3.04. The van der Waals surface area contributed by atoms with Crippen molar-refractivity contribution < 1.29 is 4.74 Å². The standard InChI is InChI=1S/C14H29NO/c1-5-10-15-13(12-8-9-12)7-6-11-16-14(2,3)4/h12-13,15H,5-11H2,1-4H3. The molecule has 0 amide bonds. The Kier molecular flexibility index (Phi) is 5.77. The van der Waals surface area contributed by atoms with Gasteiger partial charge in [-0.1, -0.05) is 6.92 Å². The average molecular weight is 227 g/mol. The van der Waals surface area contributed by atoms with Gasteiger partial charge in [0.05, 0.1) is 5.60 Å². The number of nitrogens with one attached hydrogen (secondary N) is 1. The Morgan fingerprint density at radius 3 is 2.50 bits per heavy atom. The topological polar surface area (TPSA) is 21.3 Å². The summed E-state index contributed by atoms with van der Waals surface area (Å²) in [7, 11) is 0. The van der Waals surface area contributed by atoms with E-state index < -0.39 is 0 Å². The van der Waals surface area contributed by atoms with Gasteiger partial charge in [-0.25, -0.2) is 0 Å². The number of hydrogen-bond acceptors (Lipinski definition) is 2. The molecule has 2 nitrogen and oxygen atoms in total. The van der Waals surface area contributed by atoms with Gasteiger partial charge in [0, 0.05) is 12.6 Å². The Hall–Kier alpha value is -0.0800. The fourth-order valence-electron chi connectivity index (χ4n) is 2.01. The van der Waals surface area contributed by atoms with Crippen LogP contribution >= 0.6 is 0 Å². The molecule has 96 valence electrons. The highest BCUT2D eigenvalue weighted by Gasteiger charge is 2.30. The second kappa shape index (κ2) is 6.61. The molecule has 1 atom stereocenters. The minimum absolute atomic E-state index is 0.0198. The van der Waals surface area contributed by atoms with Crippen molar-refractivity contribution in [2.24, 2.45) is 5.92 Å². The second-order valence-electron chi connectivity index (χ2n) is 6.00. The van der Waals surface area contributed by atoms with Gasteiger partial charge in [0.1, 0.15) is 0 Å². The molecule has 0 radical (unpaired) electrons. The lowest BCUT2D eigenvalue weighted by Gasteiger charge is -2.21.